The average molecular weight is 342 g/mol. The highest BCUT2D eigenvalue weighted by atomic mass is 32.2. The first-order valence-electron chi connectivity index (χ1n) is 7.75. The zero-order valence-corrected chi connectivity index (χ0v) is 14.8. The Kier molecular flexibility index (Phi) is 5.33. The topological polar surface area (TPSA) is 61.4 Å². The largest absolute Gasteiger partial charge is 0.352 e. The van der Waals surface area contributed by atoms with Crippen LogP contribution in [0.4, 0.5) is 0 Å². The van der Waals surface area contributed by atoms with E-state index in [2.05, 4.69) is 32.4 Å². The van der Waals surface area contributed by atoms with Crippen molar-refractivity contribution in [3.63, 3.8) is 0 Å². The van der Waals surface area contributed by atoms with Gasteiger partial charge in [0.25, 0.3) is 0 Å². The lowest BCUT2D eigenvalue weighted by Gasteiger charge is -2.34. The van der Waals surface area contributed by atoms with Gasteiger partial charge in [0.05, 0.1) is 0 Å². The molecule has 0 radical (unpaired) electrons. The van der Waals surface area contributed by atoms with Gasteiger partial charge < -0.3 is 10.2 Å². The first-order chi connectivity index (χ1) is 10.6. The minimum Gasteiger partial charge on any atom is -0.352 e. The summed E-state index contributed by atoms with van der Waals surface area (Å²) in [6.45, 7) is 6.33. The molecule has 3 heterocycles. The third-order valence-corrected chi connectivity index (χ3v) is 6.22. The third kappa shape index (κ3) is 4.18. The van der Waals surface area contributed by atoms with Gasteiger partial charge in [0, 0.05) is 50.4 Å². The van der Waals surface area contributed by atoms with E-state index in [1.807, 2.05) is 6.92 Å². The van der Waals surface area contributed by atoms with Crippen molar-refractivity contribution in [2.24, 2.45) is 0 Å². The molecule has 0 spiro atoms. The number of thioether (sulfide) groups is 1. The van der Waals surface area contributed by atoms with Gasteiger partial charge in [0.2, 0.25) is 5.91 Å². The highest BCUT2D eigenvalue weighted by Gasteiger charge is 2.35. The van der Waals surface area contributed by atoms with E-state index in [9.17, 15) is 4.79 Å². The van der Waals surface area contributed by atoms with E-state index in [4.69, 9.17) is 0 Å². The van der Waals surface area contributed by atoms with Crippen molar-refractivity contribution in [1.29, 1.82) is 0 Å². The first-order valence-corrected chi connectivity index (χ1v) is 9.55. The number of nitrogens with one attached hydrogen (secondary N) is 1. The van der Waals surface area contributed by atoms with Gasteiger partial charge in [-0.1, -0.05) is 23.1 Å². The standard InChI is InChI=1S/C14H23N5OS2/c1-10-16-17-14(22-10)21-6-3-13(20)15-11-7-12-9-18(2)4-5-19(12)8-11/h11-12H,3-9H2,1-2H3,(H,15,20)/t11-,12-/m0/s1. The van der Waals surface area contributed by atoms with Crippen LogP contribution in [0.1, 0.15) is 17.8 Å². The molecule has 0 aromatic carbocycles. The minimum absolute atomic E-state index is 0.159. The fourth-order valence-corrected chi connectivity index (χ4v) is 4.99. The SMILES string of the molecule is Cc1nnc(SCCC(=O)N[C@H]2C[C@H]3CN(C)CCN3C2)s1. The van der Waals surface area contributed by atoms with Crippen molar-refractivity contribution >= 4 is 29.0 Å². The van der Waals surface area contributed by atoms with Crippen molar-refractivity contribution < 1.29 is 4.79 Å². The number of rotatable bonds is 5. The molecule has 0 aliphatic carbocycles. The molecule has 1 aromatic rings. The van der Waals surface area contributed by atoms with E-state index in [1.165, 1.54) is 0 Å². The number of carbonyl (C=O) groups excluding carboxylic acids is 1. The molecule has 122 valence electrons. The summed E-state index contributed by atoms with van der Waals surface area (Å²) in [5.41, 5.74) is 0. The van der Waals surface area contributed by atoms with Crippen molar-refractivity contribution in [2.75, 3.05) is 39.0 Å². The van der Waals surface area contributed by atoms with Gasteiger partial charge in [-0.3, -0.25) is 9.69 Å². The molecule has 1 aromatic heterocycles. The molecule has 8 heteroatoms. The molecular formula is C14H23N5OS2. The number of hydrogen-bond acceptors (Lipinski definition) is 7. The molecule has 22 heavy (non-hydrogen) atoms. The quantitative estimate of drug-likeness (QED) is 0.801. The summed E-state index contributed by atoms with van der Waals surface area (Å²) in [6, 6.07) is 0.931. The number of amides is 1. The maximum atomic E-state index is 12.1. The summed E-state index contributed by atoms with van der Waals surface area (Å²) >= 11 is 3.20. The number of carbonyl (C=O) groups is 1. The first kappa shape index (κ1) is 16.2. The lowest BCUT2D eigenvalue weighted by atomic mass is 10.1. The number of nitrogens with zero attached hydrogens (tertiary/aromatic N) is 4. The maximum Gasteiger partial charge on any atom is 0.221 e. The Bertz CT molecular complexity index is 523. The molecule has 6 nitrogen and oxygen atoms in total. The summed E-state index contributed by atoms with van der Waals surface area (Å²) < 4.78 is 0.950. The van der Waals surface area contributed by atoms with E-state index in [-0.39, 0.29) is 5.91 Å². The fourth-order valence-electron chi connectivity index (χ4n) is 3.17. The zero-order valence-electron chi connectivity index (χ0n) is 13.1. The predicted octanol–water partition coefficient (Wildman–Crippen LogP) is 0.833. The number of aromatic nitrogens is 2. The van der Waals surface area contributed by atoms with Crippen LogP contribution in [-0.4, -0.2) is 77.0 Å². The lowest BCUT2D eigenvalue weighted by Crippen LogP contribution is -2.48. The number of piperazine rings is 1. The summed E-state index contributed by atoms with van der Waals surface area (Å²) in [5, 5.41) is 12.2. The normalized spacial score (nSPS) is 26.1. The van der Waals surface area contributed by atoms with Gasteiger partial charge in [-0.05, 0) is 20.4 Å². The van der Waals surface area contributed by atoms with Crippen molar-refractivity contribution in [1.82, 2.24) is 25.3 Å². The highest BCUT2D eigenvalue weighted by Crippen LogP contribution is 2.23. The van der Waals surface area contributed by atoms with E-state index in [0.29, 0.717) is 18.5 Å². The van der Waals surface area contributed by atoms with E-state index in [1.54, 1.807) is 23.1 Å². The molecule has 3 rings (SSSR count). The zero-order chi connectivity index (χ0) is 15.5. The predicted molar refractivity (Wildman–Crippen MR) is 89.4 cm³/mol. The maximum absolute atomic E-state index is 12.1. The smallest absolute Gasteiger partial charge is 0.221 e. The van der Waals surface area contributed by atoms with Gasteiger partial charge >= 0.3 is 0 Å². The third-order valence-electron chi connectivity index (χ3n) is 4.25. The highest BCUT2D eigenvalue weighted by molar-refractivity contribution is 8.01. The molecule has 0 saturated carbocycles. The van der Waals surface area contributed by atoms with Crippen LogP contribution in [0.5, 0.6) is 0 Å². The van der Waals surface area contributed by atoms with Gasteiger partial charge in [-0.25, -0.2) is 0 Å². The van der Waals surface area contributed by atoms with Gasteiger partial charge in [0.15, 0.2) is 4.34 Å². The van der Waals surface area contributed by atoms with Crippen molar-refractivity contribution in [2.45, 2.75) is 36.2 Å². The second kappa shape index (κ2) is 7.25. The fraction of sp³-hybridized carbons (Fsp3) is 0.786. The van der Waals surface area contributed by atoms with Crippen LogP contribution in [0.3, 0.4) is 0 Å². The van der Waals surface area contributed by atoms with Crippen LogP contribution in [0.15, 0.2) is 4.34 Å². The summed E-state index contributed by atoms with van der Waals surface area (Å²) in [4.78, 5) is 17.0. The Hall–Kier alpha value is -0.700. The Balaban J connectivity index is 1.37. The molecule has 0 bridgehead atoms. The minimum atomic E-state index is 0.159. The molecular weight excluding hydrogens is 318 g/mol. The summed E-state index contributed by atoms with van der Waals surface area (Å²) in [7, 11) is 2.18. The molecule has 2 atom stereocenters. The van der Waals surface area contributed by atoms with Crippen molar-refractivity contribution in [3.8, 4) is 0 Å². The molecule has 2 aliphatic rings. The number of hydrogen-bond donors (Lipinski definition) is 1. The second-order valence-corrected chi connectivity index (χ2v) is 8.62. The number of aryl methyl sites for hydroxylation is 1. The Labute approximate surface area is 139 Å². The molecule has 2 saturated heterocycles. The Morgan fingerprint density at radius 1 is 1.41 bits per heavy atom. The number of fused-ring (bicyclic) bond motifs is 1. The summed E-state index contributed by atoms with van der Waals surface area (Å²) in [6.07, 6.45) is 1.63. The van der Waals surface area contributed by atoms with Gasteiger partial charge in [0.1, 0.15) is 5.01 Å². The van der Waals surface area contributed by atoms with Crippen LogP contribution in [0.25, 0.3) is 0 Å². The van der Waals surface area contributed by atoms with E-state index >= 15 is 0 Å². The van der Waals surface area contributed by atoms with Gasteiger partial charge in [-0.2, -0.15) is 0 Å². The molecule has 2 fully saturated rings. The van der Waals surface area contributed by atoms with Crippen LogP contribution >= 0.6 is 23.1 Å². The van der Waals surface area contributed by atoms with E-state index < -0.39 is 0 Å². The monoisotopic (exact) mass is 341 g/mol. The molecule has 2 aliphatic heterocycles. The van der Waals surface area contributed by atoms with Crippen molar-refractivity contribution in [3.05, 3.63) is 5.01 Å². The van der Waals surface area contributed by atoms with Crippen LogP contribution < -0.4 is 5.32 Å². The van der Waals surface area contributed by atoms with Crippen LogP contribution in [0.2, 0.25) is 0 Å². The molecule has 1 N–H and O–H groups in total. The van der Waals surface area contributed by atoms with Crippen LogP contribution in [-0.2, 0) is 4.79 Å². The van der Waals surface area contributed by atoms with Gasteiger partial charge in [-0.15, -0.1) is 10.2 Å². The summed E-state index contributed by atoms with van der Waals surface area (Å²) in [5.74, 6) is 0.926. The number of likely N-dealkylation sites (N-methyl/N-ethyl adjacent to an activating group) is 1. The lowest BCUT2D eigenvalue weighted by molar-refractivity contribution is -0.121. The second-order valence-electron chi connectivity index (χ2n) is 6.10. The average Bonchev–Trinajstić information content (AvgIpc) is 3.04. The van der Waals surface area contributed by atoms with Crippen LogP contribution in [0, 0.1) is 6.92 Å². The Morgan fingerprint density at radius 2 is 2.27 bits per heavy atom. The van der Waals surface area contributed by atoms with E-state index in [0.717, 1.165) is 47.7 Å². The molecule has 0 unspecified atom stereocenters. The Morgan fingerprint density at radius 3 is 3.05 bits per heavy atom. The molecule has 1 amide bonds.